The molecule has 3 N–H and O–H groups in total. The predicted molar refractivity (Wildman–Crippen MR) is 112 cm³/mol. The van der Waals surface area contributed by atoms with Gasteiger partial charge in [0.15, 0.2) is 5.65 Å². The molecule has 5 aromatic rings. The van der Waals surface area contributed by atoms with Gasteiger partial charge >= 0.3 is 0 Å². The SMILES string of the molecule is c1cc(-c2ccoc2)c2cc(-c3[nH]nc4ncc(C5CCNCC5)cc34)[nH]c2n1. The van der Waals surface area contributed by atoms with Crippen molar-refractivity contribution in [2.45, 2.75) is 18.8 Å². The van der Waals surface area contributed by atoms with Crippen molar-refractivity contribution in [2.24, 2.45) is 0 Å². The van der Waals surface area contributed by atoms with Crippen LogP contribution in [0.15, 0.2) is 53.6 Å². The van der Waals surface area contributed by atoms with Crippen molar-refractivity contribution in [1.29, 1.82) is 0 Å². The highest BCUT2D eigenvalue weighted by Crippen LogP contribution is 2.34. The number of nitrogens with one attached hydrogen (secondary N) is 3. The van der Waals surface area contributed by atoms with Gasteiger partial charge in [-0.15, -0.1) is 0 Å². The second-order valence-electron chi connectivity index (χ2n) is 7.58. The van der Waals surface area contributed by atoms with E-state index < -0.39 is 0 Å². The first-order valence-electron chi connectivity index (χ1n) is 9.92. The summed E-state index contributed by atoms with van der Waals surface area (Å²) < 4.78 is 5.27. The highest BCUT2D eigenvalue weighted by molar-refractivity contribution is 5.99. The second-order valence-corrected chi connectivity index (χ2v) is 7.58. The number of rotatable bonds is 3. The zero-order valence-electron chi connectivity index (χ0n) is 15.8. The van der Waals surface area contributed by atoms with Gasteiger partial charge < -0.3 is 14.7 Å². The van der Waals surface area contributed by atoms with E-state index in [4.69, 9.17) is 4.42 Å². The molecule has 1 fully saturated rings. The van der Waals surface area contributed by atoms with Crippen LogP contribution in [0.2, 0.25) is 0 Å². The monoisotopic (exact) mass is 384 g/mol. The van der Waals surface area contributed by atoms with E-state index in [1.54, 1.807) is 12.5 Å². The fourth-order valence-corrected chi connectivity index (χ4v) is 4.33. The molecule has 1 saturated heterocycles. The minimum absolute atomic E-state index is 0.549. The number of aromatic nitrogens is 5. The minimum atomic E-state index is 0.549. The van der Waals surface area contributed by atoms with Crippen LogP contribution in [0.5, 0.6) is 0 Å². The first-order valence-corrected chi connectivity index (χ1v) is 9.92. The molecule has 144 valence electrons. The predicted octanol–water partition coefficient (Wildman–Crippen LogP) is 4.23. The van der Waals surface area contributed by atoms with Crippen molar-refractivity contribution in [3.63, 3.8) is 0 Å². The topological polar surface area (TPSA) is 95.4 Å². The Morgan fingerprint density at radius 3 is 2.83 bits per heavy atom. The summed E-state index contributed by atoms with van der Waals surface area (Å²) in [6.07, 6.45) is 9.52. The first-order chi connectivity index (χ1) is 14.4. The summed E-state index contributed by atoms with van der Waals surface area (Å²) in [7, 11) is 0. The van der Waals surface area contributed by atoms with Gasteiger partial charge in [-0.1, -0.05) is 0 Å². The third kappa shape index (κ3) is 2.74. The van der Waals surface area contributed by atoms with E-state index >= 15 is 0 Å². The molecule has 1 aliphatic rings. The summed E-state index contributed by atoms with van der Waals surface area (Å²) in [5.74, 6) is 0.549. The minimum Gasteiger partial charge on any atom is -0.472 e. The van der Waals surface area contributed by atoms with E-state index in [2.05, 4.69) is 42.6 Å². The molecule has 0 atom stereocenters. The maximum atomic E-state index is 5.27. The number of hydrogen-bond donors (Lipinski definition) is 3. The third-order valence-corrected chi connectivity index (χ3v) is 5.87. The van der Waals surface area contributed by atoms with Gasteiger partial charge in [0.25, 0.3) is 0 Å². The molecule has 7 heteroatoms. The fourth-order valence-electron chi connectivity index (χ4n) is 4.33. The summed E-state index contributed by atoms with van der Waals surface area (Å²) in [4.78, 5) is 12.6. The second kappa shape index (κ2) is 6.56. The summed E-state index contributed by atoms with van der Waals surface area (Å²) in [5.41, 5.74) is 6.88. The Morgan fingerprint density at radius 2 is 1.97 bits per heavy atom. The number of hydrogen-bond acceptors (Lipinski definition) is 5. The molecule has 0 saturated carbocycles. The van der Waals surface area contributed by atoms with Crippen LogP contribution in [0.1, 0.15) is 24.3 Å². The van der Waals surface area contributed by atoms with Crippen molar-refractivity contribution >= 4 is 22.1 Å². The van der Waals surface area contributed by atoms with E-state index in [9.17, 15) is 0 Å². The van der Waals surface area contributed by atoms with Gasteiger partial charge in [-0.2, -0.15) is 5.10 Å². The molecule has 29 heavy (non-hydrogen) atoms. The highest BCUT2D eigenvalue weighted by Gasteiger charge is 2.19. The molecule has 0 aliphatic carbocycles. The zero-order chi connectivity index (χ0) is 19.2. The standard InChI is InChI=1S/C22H20N6O/c1-5-23-6-2-13(1)15-9-18-20(27-28-22(18)25-11-15)19-10-17-16(14-4-8-29-12-14)3-7-24-21(17)26-19/h3-4,7-13,23H,1-2,5-6H2,(H,24,26)(H,25,27,28). The smallest absolute Gasteiger partial charge is 0.181 e. The molecule has 6 rings (SSSR count). The molecule has 6 heterocycles. The van der Waals surface area contributed by atoms with E-state index in [1.165, 1.54) is 5.56 Å². The summed E-state index contributed by atoms with van der Waals surface area (Å²) >= 11 is 0. The van der Waals surface area contributed by atoms with E-state index in [-0.39, 0.29) is 0 Å². The Hall–Kier alpha value is -3.45. The molecule has 7 nitrogen and oxygen atoms in total. The number of H-pyrrole nitrogens is 2. The Balaban J connectivity index is 1.48. The molecule has 1 aliphatic heterocycles. The molecule has 0 spiro atoms. The van der Waals surface area contributed by atoms with Crippen molar-refractivity contribution in [3.8, 4) is 22.5 Å². The van der Waals surface area contributed by atoms with Crippen molar-refractivity contribution in [3.05, 3.63) is 54.7 Å². The quantitative estimate of drug-likeness (QED) is 0.433. The van der Waals surface area contributed by atoms with Crippen molar-refractivity contribution < 1.29 is 4.42 Å². The van der Waals surface area contributed by atoms with Gasteiger partial charge in [-0.05, 0) is 67.2 Å². The highest BCUT2D eigenvalue weighted by atomic mass is 16.3. The van der Waals surface area contributed by atoms with Crippen molar-refractivity contribution in [1.82, 2.24) is 30.5 Å². The largest absolute Gasteiger partial charge is 0.472 e. The number of piperidine rings is 1. The van der Waals surface area contributed by atoms with Crippen LogP contribution in [-0.2, 0) is 0 Å². The lowest BCUT2D eigenvalue weighted by Gasteiger charge is -2.22. The van der Waals surface area contributed by atoms with Gasteiger partial charge in [-0.25, -0.2) is 9.97 Å². The van der Waals surface area contributed by atoms with Gasteiger partial charge in [0, 0.05) is 28.7 Å². The normalized spacial score (nSPS) is 15.4. The van der Waals surface area contributed by atoms with Crippen LogP contribution in [-0.4, -0.2) is 38.2 Å². The van der Waals surface area contributed by atoms with E-state index in [0.717, 1.165) is 70.5 Å². The lowest BCUT2D eigenvalue weighted by Crippen LogP contribution is -2.26. The number of fused-ring (bicyclic) bond motifs is 2. The molecular weight excluding hydrogens is 364 g/mol. The van der Waals surface area contributed by atoms with Gasteiger partial charge in [0.05, 0.1) is 23.9 Å². The van der Waals surface area contributed by atoms with Crippen LogP contribution in [0.25, 0.3) is 44.6 Å². The van der Waals surface area contributed by atoms with Crippen LogP contribution in [0.3, 0.4) is 0 Å². The average Bonchev–Trinajstić information content (AvgIpc) is 3.52. The molecule has 0 radical (unpaired) electrons. The number of aromatic amines is 2. The zero-order valence-corrected chi connectivity index (χ0v) is 15.8. The van der Waals surface area contributed by atoms with Crippen molar-refractivity contribution in [2.75, 3.05) is 13.1 Å². The van der Waals surface area contributed by atoms with E-state index in [0.29, 0.717) is 5.92 Å². The molecule has 0 aromatic carbocycles. The Morgan fingerprint density at radius 1 is 1.03 bits per heavy atom. The van der Waals surface area contributed by atoms with Gasteiger partial charge in [0.2, 0.25) is 0 Å². The van der Waals surface area contributed by atoms with Gasteiger partial charge in [0.1, 0.15) is 5.65 Å². The number of pyridine rings is 2. The maximum Gasteiger partial charge on any atom is 0.181 e. The Kier molecular flexibility index (Phi) is 3.73. The summed E-state index contributed by atoms with van der Waals surface area (Å²) in [5, 5.41) is 13.1. The maximum absolute atomic E-state index is 5.27. The van der Waals surface area contributed by atoms with E-state index in [1.807, 2.05) is 24.5 Å². The van der Waals surface area contributed by atoms with Crippen LogP contribution in [0.4, 0.5) is 0 Å². The third-order valence-electron chi connectivity index (χ3n) is 5.87. The lowest BCUT2D eigenvalue weighted by atomic mass is 9.91. The first kappa shape index (κ1) is 16.5. The summed E-state index contributed by atoms with van der Waals surface area (Å²) in [6.45, 7) is 2.12. The molecular formula is C22H20N6O. The Bertz CT molecular complexity index is 1290. The number of nitrogens with zero attached hydrogens (tertiary/aromatic N) is 3. The Labute approximate surface area is 166 Å². The van der Waals surface area contributed by atoms with Crippen LogP contribution in [0, 0.1) is 0 Å². The summed E-state index contributed by atoms with van der Waals surface area (Å²) in [6, 6.07) is 8.33. The lowest BCUT2D eigenvalue weighted by molar-refractivity contribution is 0.460. The molecule has 0 amide bonds. The molecule has 0 unspecified atom stereocenters. The fraction of sp³-hybridized carbons (Fsp3) is 0.227. The number of furan rings is 1. The molecule has 0 bridgehead atoms. The van der Waals surface area contributed by atoms with Gasteiger partial charge in [-0.3, -0.25) is 5.10 Å². The van der Waals surface area contributed by atoms with Crippen LogP contribution < -0.4 is 5.32 Å². The average molecular weight is 384 g/mol. The molecule has 5 aromatic heterocycles. The van der Waals surface area contributed by atoms with Crippen LogP contribution >= 0.6 is 0 Å².